The molecular weight excluding hydrogens is 363 g/mol. The number of aliphatic hydroxyl groups is 1. The second-order valence-corrected chi connectivity index (χ2v) is 7.16. The number of nitrogens with one attached hydrogen (secondary N) is 1. The van der Waals surface area contributed by atoms with E-state index in [9.17, 15) is 19.1 Å². The smallest absolute Gasteiger partial charge is 0.295 e. The molecule has 148 valence electrons. The topological polar surface area (TPSA) is 89.5 Å². The molecule has 28 heavy (non-hydrogen) atoms. The van der Waals surface area contributed by atoms with Crippen molar-refractivity contribution in [3.8, 4) is 0 Å². The molecule has 1 unspecified atom stereocenters. The molecule has 2 heterocycles. The Bertz CT molecular complexity index is 945. The summed E-state index contributed by atoms with van der Waals surface area (Å²) in [6, 6.07) is 4.86. The van der Waals surface area contributed by atoms with Crippen LogP contribution in [0.2, 0.25) is 0 Å². The molecule has 0 spiro atoms. The van der Waals surface area contributed by atoms with Crippen LogP contribution in [0.15, 0.2) is 29.8 Å². The number of H-pyrrole nitrogens is 1. The molecule has 1 atom stereocenters. The summed E-state index contributed by atoms with van der Waals surface area (Å²) in [6.45, 7) is 4.19. The third kappa shape index (κ3) is 3.43. The number of likely N-dealkylation sites (tertiary alicyclic amines) is 1. The summed E-state index contributed by atoms with van der Waals surface area (Å²) in [5.74, 6) is -2.28. The number of halogens is 1. The zero-order valence-electron chi connectivity index (χ0n) is 16.3. The Morgan fingerprint density at radius 1 is 1.32 bits per heavy atom. The van der Waals surface area contributed by atoms with Crippen LogP contribution < -0.4 is 0 Å². The van der Waals surface area contributed by atoms with Crippen molar-refractivity contribution in [1.29, 1.82) is 0 Å². The molecule has 3 rings (SSSR count). The summed E-state index contributed by atoms with van der Waals surface area (Å²) >= 11 is 0. The maximum absolute atomic E-state index is 13.9. The first-order valence-electron chi connectivity index (χ1n) is 8.93. The number of hydrogen-bond donors (Lipinski definition) is 2. The van der Waals surface area contributed by atoms with Crippen molar-refractivity contribution in [3.63, 3.8) is 0 Å². The number of carbonyl (C=O) groups is 2. The molecule has 2 N–H and O–H groups in total. The number of Topliss-reactive ketones (excluding diaryl/α,β-unsaturated/α-hetero) is 1. The standard InChI is InChI=1S/C20H23FN4O3/c1-11-15(12(2)23-22-11)18(26)16-17(13-6-5-7-14(21)10-13)25(9-8-24(3)4)20(28)19(16)27/h5-7,10,17,26H,8-9H2,1-4H3,(H,22,23)/b18-16+. The highest BCUT2D eigenvalue weighted by atomic mass is 19.1. The zero-order valence-corrected chi connectivity index (χ0v) is 16.3. The highest BCUT2D eigenvalue weighted by Gasteiger charge is 2.46. The Balaban J connectivity index is 2.20. The molecule has 1 aromatic heterocycles. The van der Waals surface area contributed by atoms with Crippen LogP contribution in [-0.4, -0.2) is 64.0 Å². The lowest BCUT2D eigenvalue weighted by Crippen LogP contribution is -2.35. The molecule has 7 nitrogen and oxygen atoms in total. The van der Waals surface area contributed by atoms with Gasteiger partial charge in [0.1, 0.15) is 11.6 Å². The Hall–Kier alpha value is -3.00. The number of benzene rings is 1. The molecule has 1 aromatic carbocycles. The number of amides is 1. The van der Waals surface area contributed by atoms with Gasteiger partial charge in [0.05, 0.1) is 22.9 Å². The summed E-state index contributed by atoms with van der Waals surface area (Å²) < 4.78 is 13.9. The molecular formula is C20H23FN4O3. The van der Waals surface area contributed by atoms with E-state index >= 15 is 0 Å². The van der Waals surface area contributed by atoms with Gasteiger partial charge in [0.25, 0.3) is 11.7 Å². The van der Waals surface area contributed by atoms with E-state index < -0.39 is 23.5 Å². The van der Waals surface area contributed by atoms with Gasteiger partial charge in [-0.3, -0.25) is 14.7 Å². The predicted molar refractivity (Wildman–Crippen MR) is 102 cm³/mol. The van der Waals surface area contributed by atoms with E-state index in [1.807, 2.05) is 19.0 Å². The van der Waals surface area contributed by atoms with E-state index in [0.29, 0.717) is 29.1 Å². The van der Waals surface area contributed by atoms with Crippen molar-refractivity contribution in [2.75, 3.05) is 27.2 Å². The monoisotopic (exact) mass is 386 g/mol. The van der Waals surface area contributed by atoms with Crippen LogP contribution in [-0.2, 0) is 9.59 Å². The highest BCUT2D eigenvalue weighted by molar-refractivity contribution is 6.46. The van der Waals surface area contributed by atoms with Crippen LogP contribution in [0.25, 0.3) is 5.76 Å². The molecule has 8 heteroatoms. The summed E-state index contributed by atoms with van der Waals surface area (Å²) in [4.78, 5) is 28.8. The lowest BCUT2D eigenvalue weighted by atomic mass is 9.94. The Kier molecular flexibility index (Phi) is 5.33. The largest absolute Gasteiger partial charge is 0.507 e. The number of aromatic amines is 1. The van der Waals surface area contributed by atoms with E-state index in [1.54, 1.807) is 19.9 Å². The fourth-order valence-electron chi connectivity index (χ4n) is 3.48. The lowest BCUT2D eigenvalue weighted by Gasteiger charge is -2.26. The van der Waals surface area contributed by atoms with E-state index in [2.05, 4.69) is 10.2 Å². The number of hydrogen-bond acceptors (Lipinski definition) is 5. The number of likely N-dealkylation sites (N-methyl/N-ethyl adjacent to an activating group) is 1. The minimum atomic E-state index is -0.871. The number of carbonyl (C=O) groups excluding carboxylic acids is 2. The van der Waals surface area contributed by atoms with Gasteiger partial charge >= 0.3 is 0 Å². The number of nitrogens with zero attached hydrogens (tertiary/aromatic N) is 3. The first kappa shape index (κ1) is 19.8. The lowest BCUT2D eigenvalue weighted by molar-refractivity contribution is -0.140. The van der Waals surface area contributed by atoms with Crippen molar-refractivity contribution in [3.05, 3.63) is 58.2 Å². The van der Waals surface area contributed by atoms with E-state index in [-0.39, 0.29) is 17.9 Å². The minimum absolute atomic E-state index is 0.0537. The Morgan fingerprint density at radius 3 is 2.61 bits per heavy atom. The summed E-state index contributed by atoms with van der Waals surface area (Å²) in [5, 5.41) is 17.8. The molecule has 1 saturated heterocycles. The van der Waals surface area contributed by atoms with Gasteiger partial charge in [-0.05, 0) is 45.6 Å². The molecule has 0 radical (unpaired) electrons. The van der Waals surface area contributed by atoms with Crippen LogP contribution >= 0.6 is 0 Å². The molecule has 0 saturated carbocycles. The van der Waals surface area contributed by atoms with Gasteiger partial charge in [0.15, 0.2) is 0 Å². The van der Waals surface area contributed by atoms with Gasteiger partial charge in [-0.1, -0.05) is 12.1 Å². The maximum Gasteiger partial charge on any atom is 0.295 e. The number of aromatic nitrogens is 2. The fourth-order valence-corrected chi connectivity index (χ4v) is 3.48. The molecule has 1 fully saturated rings. The molecule has 1 amide bonds. The normalized spacial score (nSPS) is 19.1. The number of ketones is 1. The second-order valence-electron chi connectivity index (χ2n) is 7.16. The average molecular weight is 386 g/mol. The van der Waals surface area contributed by atoms with Gasteiger partial charge < -0.3 is 14.9 Å². The van der Waals surface area contributed by atoms with Crippen LogP contribution in [0.1, 0.15) is 28.6 Å². The van der Waals surface area contributed by atoms with E-state index in [0.717, 1.165) is 0 Å². The van der Waals surface area contributed by atoms with Crippen molar-refractivity contribution in [2.24, 2.45) is 0 Å². The van der Waals surface area contributed by atoms with Gasteiger partial charge in [0, 0.05) is 18.8 Å². The summed E-state index contributed by atoms with van der Waals surface area (Å²) in [6.07, 6.45) is 0. The van der Waals surface area contributed by atoms with Gasteiger partial charge in [-0.25, -0.2) is 4.39 Å². The quantitative estimate of drug-likeness (QED) is 0.467. The van der Waals surface area contributed by atoms with Crippen LogP contribution in [0.4, 0.5) is 4.39 Å². The number of aliphatic hydroxyl groups excluding tert-OH is 1. The van der Waals surface area contributed by atoms with Gasteiger partial charge in [-0.2, -0.15) is 5.10 Å². The summed E-state index contributed by atoms with van der Waals surface area (Å²) in [7, 11) is 3.71. The third-order valence-corrected chi connectivity index (χ3v) is 4.86. The first-order valence-corrected chi connectivity index (χ1v) is 8.93. The first-order chi connectivity index (χ1) is 13.2. The van der Waals surface area contributed by atoms with Crippen LogP contribution in [0, 0.1) is 19.7 Å². The average Bonchev–Trinajstić information content (AvgIpc) is 3.09. The van der Waals surface area contributed by atoms with Crippen molar-refractivity contribution in [1.82, 2.24) is 20.0 Å². The van der Waals surface area contributed by atoms with Crippen molar-refractivity contribution >= 4 is 17.4 Å². The molecule has 1 aliphatic heterocycles. The Labute approximate surface area is 162 Å². The second kappa shape index (κ2) is 7.55. The number of aryl methyl sites for hydroxylation is 2. The SMILES string of the molecule is Cc1n[nH]c(C)c1/C(O)=C1\C(=O)C(=O)N(CCN(C)C)C1c1cccc(F)c1. The predicted octanol–water partition coefficient (Wildman–Crippen LogP) is 2.15. The molecule has 0 bridgehead atoms. The van der Waals surface area contributed by atoms with E-state index in [4.69, 9.17) is 0 Å². The van der Waals surface area contributed by atoms with Crippen molar-refractivity contribution in [2.45, 2.75) is 19.9 Å². The molecule has 0 aliphatic carbocycles. The fraction of sp³-hybridized carbons (Fsp3) is 0.350. The molecule has 1 aliphatic rings. The highest BCUT2D eigenvalue weighted by Crippen LogP contribution is 2.40. The van der Waals surface area contributed by atoms with Gasteiger partial charge in [0.2, 0.25) is 0 Å². The molecule has 2 aromatic rings. The third-order valence-electron chi connectivity index (χ3n) is 4.86. The summed E-state index contributed by atoms with van der Waals surface area (Å²) in [5.41, 5.74) is 1.84. The Morgan fingerprint density at radius 2 is 2.04 bits per heavy atom. The number of rotatable bonds is 5. The van der Waals surface area contributed by atoms with E-state index in [1.165, 1.54) is 23.1 Å². The minimum Gasteiger partial charge on any atom is -0.507 e. The maximum atomic E-state index is 13.9. The van der Waals surface area contributed by atoms with Gasteiger partial charge in [-0.15, -0.1) is 0 Å². The van der Waals surface area contributed by atoms with Crippen molar-refractivity contribution < 1.29 is 19.1 Å². The van der Waals surface area contributed by atoms with Crippen LogP contribution in [0.5, 0.6) is 0 Å². The van der Waals surface area contributed by atoms with Crippen LogP contribution in [0.3, 0.4) is 0 Å². The zero-order chi connectivity index (χ0) is 20.6.